The molecule has 0 aromatic heterocycles. The molecule has 0 aromatic carbocycles. The van der Waals surface area contributed by atoms with Gasteiger partial charge in [0, 0.05) is 105 Å². The van der Waals surface area contributed by atoms with Crippen LogP contribution in [0.25, 0.3) is 0 Å². The van der Waals surface area contributed by atoms with Crippen molar-refractivity contribution in [1.82, 2.24) is 0 Å². The minimum absolute atomic E-state index is 0.163. The molecule has 0 nitrogen and oxygen atoms in total. The maximum absolute atomic E-state index is 5.20. The average molecular weight is 994 g/mol. The number of hydrogen-bond donors (Lipinski definition) is 14. The Morgan fingerprint density at radius 2 is 0.444 bits per heavy atom. The van der Waals surface area contributed by atoms with Gasteiger partial charge < -0.3 is 0 Å². The maximum atomic E-state index is 5.20. The van der Waals surface area contributed by atoms with E-state index in [0.29, 0.717) is 31.5 Å². The Kier molecular flexibility index (Phi) is 38.3. The Morgan fingerprint density at radius 1 is 0.267 bits per heavy atom. The third-order valence-corrected chi connectivity index (χ3v) is 22.3. The van der Waals surface area contributed by atoms with E-state index < -0.39 is 0 Å². The second-order valence-electron chi connectivity index (χ2n) is 9.95. The van der Waals surface area contributed by atoms with Gasteiger partial charge in [0.1, 0.15) is 0 Å². The van der Waals surface area contributed by atoms with Crippen LogP contribution in [0, 0.1) is 0 Å². The van der Waals surface area contributed by atoms with Gasteiger partial charge in [-0.3, -0.25) is 0 Å². The monoisotopic (exact) mass is 992 g/mol. The molecule has 0 saturated heterocycles. The van der Waals surface area contributed by atoms with E-state index in [0.717, 1.165) is 74.1 Å². The van der Waals surface area contributed by atoms with Crippen molar-refractivity contribution in [1.29, 1.82) is 0 Å². The van der Waals surface area contributed by atoms with E-state index in [9.17, 15) is 0 Å². The van der Waals surface area contributed by atoms with Crippen molar-refractivity contribution in [2.75, 3.05) is 42.0 Å². The molecule has 0 radical (unpaired) electrons. The second-order valence-corrected chi connectivity index (χ2v) is 26.5. The van der Waals surface area contributed by atoms with Crippen LogP contribution in [-0.2, 0) is 0 Å². The Labute approximate surface area is 378 Å². The number of hydrogen-bond acceptors (Lipinski definition) is 20. The fourth-order valence-corrected chi connectivity index (χ4v) is 17.9. The third-order valence-electron chi connectivity index (χ3n) is 7.04. The summed E-state index contributed by atoms with van der Waals surface area (Å²) in [6.45, 7) is 0. The van der Waals surface area contributed by atoms with Crippen LogP contribution in [0.15, 0.2) is 0 Å². The van der Waals surface area contributed by atoms with Crippen LogP contribution in [0.3, 0.4) is 0 Å². The number of thiol groups is 14. The first-order valence-corrected chi connectivity index (χ1v) is 28.6. The molecule has 272 valence electrons. The maximum Gasteiger partial charge on any atom is 0.0365 e. The second kappa shape index (κ2) is 33.2. The summed E-state index contributed by atoms with van der Waals surface area (Å²) in [6.07, 6.45) is 4.74. The molecule has 0 heterocycles. The minimum Gasteiger partial charge on any atom is -0.178 e. The molecule has 12 unspecified atom stereocenters. The molecule has 0 aliphatic carbocycles. The highest BCUT2D eigenvalue weighted by Gasteiger charge is 2.34. The summed E-state index contributed by atoms with van der Waals surface area (Å²) in [5.41, 5.74) is 0. The van der Waals surface area contributed by atoms with Crippen LogP contribution in [-0.4, -0.2) is 105 Å². The highest BCUT2D eigenvalue weighted by atomic mass is 32.2. The Hall–Kier alpha value is 7.00. The van der Waals surface area contributed by atoms with Crippen molar-refractivity contribution in [2.45, 2.75) is 95.1 Å². The lowest BCUT2D eigenvalue weighted by molar-refractivity contribution is 0.582. The summed E-state index contributed by atoms with van der Waals surface area (Å²) in [7, 11) is 0. The molecule has 0 N–H and O–H groups in total. The molecule has 0 aliphatic heterocycles. The molecular weight excluding hydrogens is 942 g/mol. The Morgan fingerprint density at radius 3 is 0.600 bits per heavy atom. The highest BCUT2D eigenvalue weighted by molar-refractivity contribution is 8.12. The minimum atomic E-state index is 0.163. The fourth-order valence-electron chi connectivity index (χ4n) is 4.62. The first-order chi connectivity index (χ1) is 21.5. The van der Waals surface area contributed by atoms with Crippen LogP contribution in [0.1, 0.15) is 32.1 Å². The molecule has 20 heteroatoms. The predicted octanol–water partition coefficient (Wildman–Crippen LogP) is 10.5. The van der Waals surface area contributed by atoms with Gasteiger partial charge in [-0.15, -0.1) is 70.6 Å². The van der Waals surface area contributed by atoms with E-state index in [4.69, 9.17) is 75.8 Å². The van der Waals surface area contributed by atoms with Gasteiger partial charge in [-0.05, 0) is 32.1 Å². The van der Waals surface area contributed by atoms with E-state index in [1.807, 2.05) is 70.6 Å². The summed E-state index contributed by atoms with van der Waals surface area (Å²) in [4.78, 5) is 0. The van der Waals surface area contributed by atoms with Gasteiger partial charge >= 0.3 is 0 Å². The van der Waals surface area contributed by atoms with Crippen molar-refractivity contribution in [3.63, 3.8) is 0 Å². The van der Waals surface area contributed by atoms with E-state index in [-0.39, 0.29) is 31.5 Å². The smallest absolute Gasteiger partial charge is 0.0365 e. The zero-order chi connectivity index (χ0) is 34.4. The van der Waals surface area contributed by atoms with Crippen molar-refractivity contribution >= 4 is 247 Å². The normalized spacial score (nSPS) is 20.4. The lowest BCUT2D eigenvalue weighted by Crippen LogP contribution is -2.35. The third kappa shape index (κ3) is 23.0. The summed E-state index contributed by atoms with van der Waals surface area (Å²) >= 11 is 77.8. The van der Waals surface area contributed by atoms with Crippen LogP contribution in [0.4, 0.5) is 0 Å². The molecule has 12 atom stereocenters. The summed E-state index contributed by atoms with van der Waals surface area (Å²) in [6, 6.07) is 0. The summed E-state index contributed by atoms with van der Waals surface area (Å²) < 4.78 is 0. The van der Waals surface area contributed by atoms with Gasteiger partial charge in [0.05, 0.1) is 0 Å². The van der Waals surface area contributed by atoms with Crippen molar-refractivity contribution in [3.05, 3.63) is 0 Å². The molecule has 0 spiro atoms. The van der Waals surface area contributed by atoms with E-state index in [1.165, 1.54) is 0 Å². The van der Waals surface area contributed by atoms with E-state index in [1.54, 1.807) is 0 Å². The Balaban J connectivity index is 5.68. The van der Waals surface area contributed by atoms with Crippen LogP contribution in [0.5, 0.6) is 0 Å². The molecule has 0 aromatic rings. The number of rotatable bonds is 30. The SMILES string of the molecule is SCSC(CC(SCS)C(S)CC(S)C(CC(SCS)C(S)CC(S)C(CC(SCS)C(S)CS)SCS)SCS)C(S)CS. The van der Waals surface area contributed by atoms with Gasteiger partial charge in [-0.2, -0.15) is 177 Å². The first kappa shape index (κ1) is 52.0. The molecule has 45 heavy (non-hydrogen) atoms. The van der Waals surface area contributed by atoms with Crippen molar-refractivity contribution in [3.8, 4) is 0 Å². The molecule has 0 amide bonds. The molecule has 0 aliphatic rings. The van der Waals surface area contributed by atoms with Gasteiger partial charge in [0.2, 0.25) is 0 Å². The van der Waals surface area contributed by atoms with Gasteiger partial charge in [0.25, 0.3) is 0 Å². The predicted molar refractivity (Wildman–Crippen MR) is 279 cm³/mol. The van der Waals surface area contributed by atoms with Gasteiger partial charge in [0.15, 0.2) is 0 Å². The molecule has 0 saturated carbocycles. The summed E-state index contributed by atoms with van der Waals surface area (Å²) in [5.74, 6) is 1.47. The van der Waals surface area contributed by atoms with Crippen molar-refractivity contribution in [2.24, 2.45) is 0 Å². The highest BCUT2D eigenvalue weighted by Crippen LogP contribution is 2.40. The first-order valence-electron chi connectivity index (χ1n) is 14.1. The van der Waals surface area contributed by atoms with Crippen LogP contribution >= 0.6 is 247 Å². The number of thioether (sulfide) groups is 6. The molecule has 0 bridgehead atoms. The molecule has 0 fully saturated rings. The fraction of sp³-hybridized carbons (Fsp3) is 1.00. The quantitative estimate of drug-likeness (QED) is 0.0254. The zero-order valence-electron chi connectivity index (χ0n) is 24.8. The lowest BCUT2D eigenvalue weighted by atomic mass is 10.0. The van der Waals surface area contributed by atoms with Crippen molar-refractivity contribution < 1.29 is 0 Å². The summed E-state index contributed by atoms with van der Waals surface area (Å²) in [5, 5.41) is 7.61. The van der Waals surface area contributed by atoms with Gasteiger partial charge in [-0.1, -0.05) is 0 Å². The largest absolute Gasteiger partial charge is 0.178 e. The Bertz CT molecular complexity index is 627. The standard InChI is InChI=1S/C25H52S20/c26-6-18(38)24(44-12-32)4-22(42-10-30)16(36)1-14(34)20(40-8-28)3-21(41-9-29)15(35)2-17(37)23(43-11-31)5-25(45-13-33)19(39)7-27/h14-39H,1-13H2. The molecule has 0 rings (SSSR count). The molecular formula is C25H52S20. The zero-order valence-corrected chi connectivity index (χ0v) is 42.3. The van der Waals surface area contributed by atoms with Gasteiger partial charge in [-0.25, -0.2) is 0 Å². The van der Waals surface area contributed by atoms with E-state index >= 15 is 0 Å². The average Bonchev–Trinajstić information content (AvgIpc) is 3.01. The lowest BCUT2D eigenvalue weighted by Gasteiger charge is -2.35. The van der Waals surface area contributed by atoms with Crippen LogP contribution in [0.2, 0.25) is 0 Å². The topological polar surface area (TPSA) is 0 Å². The van der Waals surface area contributed by atoms with Crippen LogP contribution < -0.4 is 0 Å². The van der Waals surface area contributed by atoms with E-state index in [2.05, 4.69) is 101 Å².